The van der Waals surface area contributed by atoms with Crippen LogP contribution in [0.2, 0.25) is 0 Å². The number of nitrogens with zero attached hydrogens (tertiary/aromatic N) is 3. The summed E-state index contributed by atoms with van der Waals surface area (Å²) in [5.74, 6) is 0.474. The van der Waals surface area contributed by atoms with Crippen LogP contribution in [-0.2, 0) is 11.0 Å². The lowest BCUT2D eigenvalue weighted by Crippen LogP contribution is -2.53. The zero-order chi connectivity index (χ0) is 26.9. The van der Waals surface area contributed by atoms with Crippen LogP contribution in [0.4, 0.5) is 18.9 Å². The number of halogens is 3. The highest BCUT2D eigenvalue weighted by molar-refractivity contribution is 7.18. The molecule has 2 atom stereocenters. The predicted octanol–water partition coefficient (Wildman–Crippen LogP) is 4.22. The predicted molar refractivity (Wildman–Crippen MR) is 141 cm³/mol. The number of hydrogen-bond acceptors (Lipinski definition) is 7. The second-order valence-electron chi connectivity index (χ2n) is 9.84. The van der Waals surface area contributed by atoms with Crippen molar-refractivity contribution < 1.29 is 27.8 Å². The number of fused-ring (bicyclic) bond motifs is 1. The molecule has 0 unspecified atom stereocenters. The number of ether oxygens (including phenoxy) is 1. The van der Waals surface area contributed by atoms with Gasteiger partial charge in [-0.2, -0.15) is 13.2 Å². The van der Waals surface area contributed by atoms with Crippen molar-refractivity contribution in [3.63, 3.8) is 0 Å². The number of amides is 1. The van der Waals surface area contributed by atoms with Gasteiger partial charge in [0.05, 0.1) is 26.8 Å². The molecule has 38 heavy (non-hydrogen) atoms. The third-order valence-electron chi connectivity index (χ3n) is 7.19. The maximum atomic E-state index is 13.5. The second-order valence-corrected chi connectivity index (χ2v) is 11.1. The van der Waals surface area contributed by atoms with E-state index >= 15 is 0 Å². The standard InChI is InChI=1S/C27H31F3N4O3S/c1-17-32-23-14-22(6-7-25(23)38-17)37-16-21(35)15-34(20-8-11-31-12-9-20)24-10-13-33(26(24)36)19-4-2-18(3-5-19)27(28,29)30/h2-7,14,20-21,24,31,35H,8-13,15-16H2,1H3/t21-,24-/m1/s1. The van der Waals surface area contributed by atoms with Gasteiger partial charge >= 0.3 is 6.18 Å². The van der Waals surface area contributed by atoms with E-state index in [1.165, 1.54) is 12.1 Å². The van der Waals surface area contributed by atoms with E-state index in [1.807, 2.05) is 25.1 Å². The third kappa shape index (κ3) is 5.96. The highest BCUT2D eigenvalue weighted by atomic mass is 32.1. The Balaban J connectivity index is 1.26. The number of benzene rings is 2. The van der Waals surface area contributed by atoms with Crippen molar-refractivity contribution in [2.75, 3.05) is 37.7 Å². The van der Waals surface area contributed by atoms with Crippen LogP contribution in [0.5, 0.6) is 5.75 Å². The van der Waals surface area contributed by atoms with Gasteiger partial charge < -0.3 is 20.1 Å². The number of anilines is 1. The number of nitrogens with one attached hydrogen (secondary N) is 1. The van der Waals surface area contributed by atoms with Crippen molar-refractivity contribution in [3.8, 4) is 5.75 Å². The maximum Gasteiger partial charge on any atom is 0.416 e. The molecule has 2 N–H and O–H groups in total. The van der Waals surface area contributed by atoms with Gasteiger partial charge in [0.25, 0.3) is 0 Å². The van der Waals surface area contributed by atoms with E-state index < -0.39 is 23.9 Å². The number of aliphatic hydroxyl groups is 1. The molecule has 11 heteroatoms. The number of thiazole rings is 1. The Morgan fingerprint density at radius 2 is 1.92 bits per heavy atom. The molecule has 204 valence electrons. The molecule has 2 fully saturated rings. The lowest BCUT2D eigenvalue weighted by molar-refractivity contribution is -0.137. The number of aromatic nitrogens is 1. The molecule has 0 radical (unpaired) electrons. The molecule has 2 saturated heterocycles. The topological polar surface area (TPSA) is 77.9 Å². The fourth-order valence-corrected chi connectivity index (χ4v) is 6.14. The molecule has 3 heterocycles. The third-order valence-corrected chi connectivity index (χ3v) is 8.14. The van der Waals surface area contributed by atoms with Crippen LogP contribution in [0.3, 0.4) is 0 Å². The fraction of sp³-hybridized carbons (Fsp3) is 0.481. The molecular formula is C27H31F3N4O3S. The summed E-state index contributed by atoms with van der Waals surface area (Å²) in [6.07, 6.45) is -3.03. The average Bonchev–Trinajstić information content (AvgIpc) is 3.47. The number of piperidine rings is 1. The first-order valence-electron chi connectivity index (χ1n) is 12.8. The van der Waals surface area contributed by atoms with E-state index in [0.717, 1.165) is 53.3 Å². The SMILES string of the molecule is Cc1nc2cc(OC[C@H](O)CN(C3CCNCC3)[C@@H]3CCN(c4ccc(C(F)(F)F)cc4)C3=O)ccc2s1. The Labute approximate surface area is 223 Å². The molecule has 0 saturated carbocycles. The number of carbonyl (C=O) groups excluding carboxylic acids is 1. The van der Waals surface area contributed by atoms with Gasteiger partial charge in [-0.25, -0.2) is 4.98 Å². The molecule has 5 rings (SSSR count). The number of alkyl halides is 3. The van der Waals surface area contributed by atoms with Gasteiger partial charge in [0, 0.05) is 30.9 Å². The van der Waals surface area contributed by atoms with Crippen molar-refractivity contribution in [2.45, 2.75) is 50.6 Å². The molecule has 7 nitrogen and oxygen atoms in total. The van der Waals surface area contributed by atoms with Gasteiger partial charge in [0.15, 0.2) is 0 Å². The highest BCUT2D eigenvalue weighted by Gasteiger charge is 2.40. The minimum absolute atomic E-state index is 0.0691. The minimum Gasteiger partial charge on any atom is -0.491 e. The quantitative estimate of drug-likeness (QED) is 0.439. The van der Waals surface area contributed by atoms with E-state index in [0.29, 0.717) is 24.4 Å². The van der Waals surface area contributed by atoms with E-state index in [4.69, 9.17) is 4.74 Å². The molecular weight excluding hydrogens is 517 g/mol. The Morgan fingerprint density at radius 3 is 2.63 bits per heavy atom. The summed E-state index contributed by atoms with van der Waals surface area (Å²) >= 11 is 1.61. The zero-order valence-corrected chi connectivity index (χ0v) is 21.9. The Kier molecular flexibility index (Phi) is 7.90. The van der Waals surface area contributed by atoms with Crippen LogP contribution >= 0.6 is 11.3 Å². The Morgan fingerprint density at radius 1 is 1.18 bits per heavy atom. The molecule has 0 aliphatic carbocycles. The number of aryl methyl sites for hydroxylation is 1. The van der Waals surface area contributed by atoms with Crippen molar-refractivity contribution in [2.24, 2.45) is 0 Å². The van der Waals surface area contributed by atoms with Crippen molar-refractivity contribution >= 4 is 33.1 Å². The van der Waals surface area contributed by atoms with Crippen molar-refractivity contribution in [3.05, 3.63) is 53.0 Å². The summed E-state index contributed by atoms with van der Waals surface area (Å²) in [5.41, 5.74) is 0.566. The summed E-state index contributed by atoms with van der Waals surface area (Å²) in [4.78, 5) is 21.6. The average molecular weight is 549 g/mol. The normalized spacial score (nSPS) is 20.0. The van der Waals surface area contributed by atoms with Crippen LogP contribution in [0, 0.1) is 6.92 Å². The fourth-order valence-electron chi connectivity index (χ4n) is 5.33. The summed E-state index contributed by atoms with van der Waals surface area (Å²) in [7, 11) is 0. The van der Waals surface area contributed by atoms with Crippen LogP contribution < -0.4 is 15.0 Å². The van der Waals surface area contributed by atoms with Crippen molar-refractivity contribution in [1.82, 2.24) is 15.2 Å². The first-order chi connectivity index (χ1) is 18.2. The first-order valence-corrected chi connectivity index (χ1v) is 13.6. The summed E-state index contributed by atoms with van der Waals surface area (Å²) in [5, 5.41) is 15.2. The molecule has 0 spiro atoms. The molecule has 3 aromatic rings. The van der Waals surface area contributed by atoms with Crippen LogP contribution in [0.25, 0.3) is 10.2 Å². The molecule has 1 aromatic heterocycles. The van der Waals surface area contributed by atoms with Crippen molar-refractivity contribution in [1.29, 1.82) is 0 Å². The zero-order valence-electron chi connectivity index (χ0n) is 21.1. The highest BCUT2D eigenvalue weighted by Crippen LogP contribution is 2.33. The van der Waals surface area contributed by atoms with Gasteiger partial charge in [-0.3, -0.25) is 9.69 Å². The molecule has 2 aliphatic rings. The van der Waals surface area contributed by atoms with E-state index in [-0.39, 0.29) is 25.1 Å². The second kappa shape index (κ2) is 11.2. The monoisotopic (exact) mass is 548 g/mol. The van der Waals surface area contributed by atoms with E-state index in [9.17, 15) is 23.1 Å². The molecule has 2 aromatic carbocycles. The van der Waals surface area contributed by atoms with Crippen LogP contribution in [0.15, 0.2) is 42.5 Å². The summed E-state index contributed by atoms with van der Waals surface area (Å²) in [6.45, 7) is 4.34. The molecule has 1 amide bonds. The molecule has 2 aliphatic heterocycles. The van der Waals surface area contributed by atoms with E-state index in [2.05, 4.69) is 15.2 Å². The molecule has 0 bridgehead atoms. The number of rotatable bonds is 8. The lowest BCUT2D eigenvalue weighted by atomic mass is 10.0. The van der Waals surface area contributed by atoms with Crippen LogP contribution in [-0.4, -0.2) is 71.9 Å². The number of aliphatic hydroxyl groups excluding tert-OH is 1. The number of carbonyl (C=O) groups is 1. The van der Waals surface area contributed by atoms with Gasteiger partial charge in [0.1, 0.15) is 18.5 Å². The summed E-state index contributed by atoms with van der Waals surface area (Å²) < 4.78 is 45.9. The van der Waals surface area contributed by atoms with Crippen LogP contribution in [0.1, 0.15) is 29.8 Å². The van der Waals surface area contributed by atoms with Gasteiger partial charge in [-0.05, 0) is 75.7 Å². The largest absolute Gasteiger partial charge is 0.491 e. The lowest BCUT2D eigenvalue weighted by Gasteiger charge is -2.39. The van der Waals surface area contributed by atoms with Gasteiger partial charge in [-0.15, -0.1) is 11.3 Å². The number of hydrogen-bond donors (Lipinski definition) is 2. The Bertz CT molecular complexity index is 1260. The smallest absolute Gasteiger partial charge is 0.416 e. The van der Waals surface area contributed by atoms with Gasteiger partial charge in [-0.1, -0.05) is 0 Å². The minimum atomic E-state index is -4.43. The van der Waals surface area contributed by atoms with Gasteiger partial charge in [0.2, 0.25) is 5.91 Å². The Hall–Kier alpha value is -2.73. The first kappa shape index (κ1) is 26.9. The maximum absolute atomic E-state index is 13.5. The van der Waals surface area contributed by atoms with E-state index in [1.54, 1.807) is 16.2 Å². The summed E-state index contributed by atoms with van der Waals surface area (Å²) in [6, 6.07) is 10.0.